The van der Waals surface area contributed by atoms with Gasteiger partial charge in [0.25, 0.3) is 0 Å². The van der Waals surface area contributed by atoms with Crippen molar-refractivity contribution in [1.29, 1.82) is 27.0 Å². The van der Waals surface area contributed by atoms with Crippen molar-refractivity contribution in [2.24, 2.45) is 85.8 Å². The topological polar surface area (TPSA) is 929 Å². The van der Waals surface area contributed by atoms with E-state index in [4.69, 9.17) is 72.9 Å². The van der Waals surface area contributed by atoms with Crippen LogP contribution in [0.4, 0.5) is 4.79 Å². The van der Waals surface area contributed by atoms with Crippen LogP contribution in [-0.2, 0) is 52.8 Å². The van der Waals surface area contributed by atoms with Crippen LogP contribution in [0.25, 0.3) is 10.8 Å². The van der Waals surface area contributed by atoms with E-state index in [0.717, 1.165) is 31.9 Å². The number of aromatic hydroxyl groups is 2. The van der Waals surface area contributed by atoms with Crippen LogP contribution >= 0.6 is 21.6 Å². The predicted molar refractivity (Wildman–Crippen MR) is 547 cm³/mol. The average Bonchev–Trinajstić information content (AvgIpc) is 1.63. The number of urea groups is 1. The SMILES string of the molecule is N=C(N)NCCCC1N=C(O)[C@@H](Cc2ccc(O)cc2)N=C(O)C(NC(=O)[C@@H](Cc2ccc3ccccc3c2)NC(=O)[C@H](CCCNC(=N)N)NC(=O)[C@H](N)CCCNC(=N)N)CSSC[C@H](C(=O)N[C@H](CCCNC(=N)N)C(=O)O)N=C(O)[C@@H](CCCNC(N)=O)N=C(O)[C@@H](CCCNC(=N)N)N=C(O)[C@@H](Cc2ccc(O)cc2)N=C(O)[C@@H]2CCCN2C(=O)C(CCC(=O)O)N=C(O)C(CCCCN)N=C1O. The molecule has 54 heteroatoms. The number of benzene rings is 4. The van der Waals surface area contributed by atoms with Gasteiger partial charge in [-0.15, -0.1) is 0 Å². The van der Waals surface area contributed by atoms with E-state index in [2.05, 4.69) is 93.1 Å². The highest BCUT2D eigenvalue weighted by Crippen LogP contribution is 2.29. The summed E-state index contributed by atoms with van der Waals surface area (Å²) >= 11 is 0. The molecule has 0 aliphatic carbocycles. The van der Waals surface area contributed by atoms with E-state index < -0.39 is 240 Å². The molecular formula is C89H136N32O20S2. The first kappa shape index (κ1) is 117. The number of aliphatic hydroxyl groups excluding tert-OH is 8. The third-order valence-electron chi connectivity index (χ3n) is 22.3. The van der Waals surface area contributed by atoms with Crippen molar-refractivity contribution in [3.05, 3.63) is 108 Å². The molecule has 1 saturated heterocycles. The average molecular weight is 2040 g/mol. The van der Waals surface area contributed by atoms with Crippen LogP contribution < -0.4 is 99.0 Å². The minimum absolute atomic E-state index is 0.0135. The van der Waals surface area contributed by atoms with Gasteiger partial charge >= 0.3 is 18.0 Å². The molecular weight excluding hydrogens is 1900 g/mol. The summed E-state index contributed by atoms with van der Waals surface area (Å²) in [4.78, 5) is 150. The fourth-order valence-corrected chi connectivity index (χ4v) is 17.1. The minimum atomic E-state index is -1.93. The van der Waals surface area contributed by atoms with Gasteiger partial charge in [-0.2, -0.15) is 0 Å². The summed E-state index contributed by atoms with van der Waals surface area (Å²) in [7, 11) is 1.50. The lowest BCUT2D eigenvalue weighted by Gasteiger charge is -2.27. The summed E-state index contributed by atoms with van der Waals surface area (Å²) < 4.78 is 0. The number of aliphatic carboxylic acids is 2. The summed E-state index contributed by atoms with van der Waals surface area (Å²) in [6.45, 7) is -0.320. The summed E-state index contributed by atoms with van der Waals surface area (Å²) in [6.07, 6.45) is -3.55. The Morgan fingerprint density at radius 1 is 0.427 bits per heavy atom. The lowest BCUT2D eigenvalue weighted by molar-refractivity contribution is -0.142. The number of unbranched alkanes of at least 4 members (excludes halogenated alkanes) is 1. The minimum Gasteiger partial charge on any atom is -0.508 e. The first-order valence-corrected chi connectivity index (χ1v) is 48.8. The number of aliphatic hydroxyl groups is 8. The number of carbonyl (C=O) groups excluding carboxylic acids is 6. The molecule has 4 aromatic carbocycles. The van der Waals surface area contributed by atoms with Gasteiger partial charge in [0.2, 0.25) is 76.7 Å². The van der Waals surface area contributed by atoms with E-state index in [1.807, 2.05) is 6.07 Å². The number of aliphatic imine (C=N–C) groups is 8. The summed E-state index contributed by atoms with van der Waals surface area (Å²) in [6, 6.07) is -1.21. The van der Waals surface area contributed by atoms with Gasteiger partial charge in [-0.1, -0.05) is 88.3 Å². The molecule has 7 amide bonds. The van der Waals surface area contributed by atoms with Crippen molar-refractivity contribution in [1.82, 2.24) is 58.1 Å². The highest BCUT2D eigenvalue weighted by Gasteiger charge is 2.40. The van der Waals surface area contributed by atoms with Crippen LogP contribution in [0.2, 0.25) is 0 Å². The number of carboxylic acids is 2. The van der Waals surface area contributed by atoms with Crippen molar-refractivity contribution in [2.45, 2.75) is 226 Å². The standard InChI is InChI=1S/C89H136N32O20S2/c90-34-4-3-15-56-73(129)114-61(32-33-69(124)125)82(138)121-41-11-21-68(121)81(137)118-64(44-49-25-30-54(123)31-26-49)77(133)113-59(18-8-38-106-87(98)99)72(128)111-60(19-9-40-108-89(102)141)75(131)119-66(79(135)115-62(83(139)140)20-10-39-107-88(100)101)46-142-143-47-67(80(136)117-63(43-48-23-28-53(122)29-24-48)76(132)112-58(71(127)110-56)17-7-37-105-86(96)97)120-78(134)65(45-50-22-27-51-12-1-2-13-52(51)42-50)116-74(130)57(16-6-36-104-85(94)95)109-70(126)55(91)14-5-35-103-84(92)93/h1-2,12-13,22-31,42,55-68,122-123H,3-11,14-21,32-41,43-47,90-91H2,(H,109,126)(H,110,127)(H,111,128)(H,112,132)(H,113,133)(H,114,129)(H,115,135)(H,116,130)(H,117,136)(H,118,137)(H,119,131)(H,120,134)(H,124,125)(H,139,140)(H4,92,93,103)(H4,94,95,104)(H4,96,97,105)(H4,98,99,106)(H4,100,101,107)(H3,102,108,141)/t55-,56?,57+,58?,59-,60-,61?,62-,63-,64-,65-,66-,67?,68+/m1/s1. The number of nitrogens with zero attached hydrogens (tertiary/aromatic N) is 9. The Balaban J connectivity index is 1.73. The number of fused-ring (bicyclic) bond motifs is 2. The first-order valence-electron chi connectivity index (χ1n) is 46.3. The highest BCUT2D eigenvalue weighted by atomic mass is 33.1. The van der Waals surface area contributed by atoms with Gasteiger partial charge in [0, 0.05) is 83.0 Å². The van der Waals surface area contributed by atoms with Crippen molar-refractivity contribution in [3.63, 3.8) is 0 Å². The van der Waals surface area contributed by atoms with Crippen LogP contribution in [0.5, 0.6) is 11.5 Å². The van der Waals surface area contributed by atoms with Crippen molar-refractivity contribution in [3.8, 4) is 11.5 Å². The number of hydrogen-bond acceptors (Lipinski definition) is 27. The lowest BCUT2D eigenvalue weighted by atomic mass is 10.00. The highest BCUT2D eigenvalue weighted by molar-refractivity contribution is 8.76. The van der Waals surface area contributed by atoms with Gasteiger partial charge in [0.15, 0.2) is 29.8 Å². The third kappa shape index (κ3) is 43.3. The number of hydrogen-bond donors (Lipinski definition) is 35. The Bertz CT molecular complexity index is 5190. The van der Waals surface area contributed by atoms with E-state index in [1.165, 1.54) is 48.5 Å². The second kappa shape index (κ2) is 61.6. The number of phenolic OH excluding ortho intramolecular Hbond substituents is 2. The van der Waals surface area contributed by atoms with Crippen LogP contribution in [0.1, 0.15) is 139 Å². The van der Waals surface area contributed by atoms with E-state index >= 15 is 19.2 Å². The molecule has 2 heterocycles. The second-order valence-corrected chi connectivity index (χ2v) is 36.2. The van der Waals surface area contributed by atoms with Gasteiger partial charge in [-0.3, -0.25) is 55.8 Å². The van der Waals surface area contributed by atoms with Gasteiger partial charge in [0.05, 0.1) is 6.04 Å². The van der Waals surface area contributed by atoms with E-state index in [-0.39, 0.29) is 191 Å². The van der Waals surface area contributed by atoms with Crippen molar-refractivity contribution >= 4 is 157 Å². The van der Waals surface area contributed by atoms with Crippen LogP contribution in [-0.4, -0.2) is 339 Å². The fraction of sp³-hybridized carbons (Fsp3) is 0.517. The maximum atomic E-state index is 15.9. The number of carbonyl (C=O) groups is 8. The van der Waals surface area contributed by atoms with Gasteiger partial charge in [0.1, 0.15) is 90.0 Å². The normalized spacial score (nSPS) is 20.2. The molecule has 0 bridgehead atoms. The zero-order chi connectivity index (χ0) is 105. The summed E-state index contributed by atoms with van der Waals surface area (Å²) in [5, 5.41) is 209. The van der Waals surface area contributed by atoms with E-state index in [9.17, 15) is 80.5 Å². The Kier molecular flexibility index (Phi) is 50.3. The monoisotopic (exact) mass is 2040 g/mol. The lowest BCUT2D eigenvalue weighted by Crippen LogP contribution is -2.58. The molecule has 4 unspecified atom stereocenters. The number of nitrogens with two attached hydrogens (primary N) is 8. The zero-order valence-electron chi connectivity index (χ0n) is 79.0. The summed E-state index contributed by atoms with van der Waals surface area (Å²) in [5.74, 6) is -19.4. The molecule has 2 aliphatic heterocycles. The number of carboxylic acid groups (broad SMARTS) is 2. The Hall–Kier alpha value is -15.0. The van der Waals surface area contributed by atoms with Gasteiger partial charge in [-0.25, -0.2) is 49.5 Å². The second-order valence-electron chi connectivity index (χ2n) is 33.7. The molecule has 52 nitrogen and oxygen atoms in total. The molecule has 1 fully saturated rings. The van der Waals surface area contributed by atoms with Gasteiger partial charge < -0.3 is 165 Å². The molecule has 43 N–H and O–H groups in total. The molecule has 14 atom stereocenters. The number of phenols is 2. The molecule has 0 spiro atoms. The van der Waals surface area contributed by atoms with Crippen molar-refractivity contribution < 1.29 is 99.6 Å². The Morgan fingerprint density at radius 2 is 0.846 bits per heavy atom. The Labute approximate surface area is 832 Å². The predicted octanol–water partition coefficient (Wildman–Crippen LogP) is 0.375. The van der Waals surface area contributed by atoms with Crippen LogP contribution in [0.3, 0.4) is 0 Å². The molecule has 784 valence electrons. The first-order chi connectivity index (χ1) is 68.1. The quantitative estimate of drug-likeness (QED) is 0.0123. The number of guanidine groups is 5. The maximum Gasteiger partial charge on any atom is 0.326 e. The molecule has 6 rings (SSSR count). The zero-order valence-corrected chi connectivity index (χ0v) is 80.6. The van der Waals surface area contributed by atoms with E-state index in [1.54, 1.807) is 36.4 Å². The maximum absolute atomic E-state index is 15.9. The number of primary amides is 1. The third-order valence-corrected chi connectivity index (χ3v) is 24.7. The smallest absolute Gasteiger partial charge is 0.326 e. The largest absolute Gasteiger partial charge is 0.508 e. The number of amides is 7. The van der Waals surface area contributed by atoms with Crippen molar-refractivity contribution in [2.75, 3.05) is 63.9 Å². The molecule has 2 aliphatic rings. The van der Waals surface area contributed by atoms with Gasteiger partial charge in [-0.05, 0) is 174 Å². The summed E-state index contributed by atoms with van der Waals surface area (Å²) in [5.41, 5.74) is 46.8. The van der Waals surface area contributed by atoms with Crippen LogP contribution in [0, 0.1) is 27.0 Å². The number of nitrogens with one attached hydrogen (secondary N) is 15. The van der Waals surface area contributed by atoms with Crippen LogP contribution in [0.15, 0.2) is 131 Å². The molecule has 143 heavy (non-hydrogen) atoms. The molecule has 4 aromatic rings. The molecule has 0 aromatic heterocycles. The molecule has 0 radical (unpaired) electrons. The fourth-order valence-electron chi connectivity index (χ4n) is 14.8. The number of rotatable bonds is 46. The van der Waals surface area contributed by atoms with E-state index in [0.29, 0.717) is 16.5 Å². The Morgan fingerprint density at radius 3 is 1.33 bits per heavy atom. The molecule has 0 saturated carbocycles.